The Morgan fingerprint density at radius 2 is 1.35 bits per heavy atom. The van der Waals surface area contributed by atoms with Crippen LogP contribution >= 0.6 is 0 Å². The summed E-state index contributed by atoms with van der Waals surface area (Å²) < 4.78 is 44.3. The largest absolute Gasteiger partial charge is 0.378 e. The molecule has 0 saturated heterocycles. The normalized spacial score (nSPS) is 11.7. The first-order chi connectivity index (χ1) is 11.2. The van der Waals surface area contributed by atoms with Gasteiger partial charge in [-0.25, -0.2) is 0 Å². The summed E-state index contributed by atoms with van der Waals surface area (Å²) in [5.74, 6) is 0. The summed E-state index contributed by atoms with van der Waals surface area (Å²) in [6.07, 6.45) is 0. The Labute approximate surface area is 138 Å². The minimum absolute atomic E-state index is 0.0235. The topological polar surface area (TPSA) is 83.1 Å². The summed E-state index contributed by atoms with van der Waals surface area (Å²) >= 11 is 0. The van der Waals surface area contributed by atoms with Crippen LogP contribution in [0, 0.1) is 0 Å². The van der Waals surface area contributed by atoms with Crippen LogP contribution < -0.4 is 5.32 Å². The van der Waals surface area contributed by atoms with E-state index in [0.29, 0.717) is 33.0 Å². The number of nitrogens with one attached hydrogen (secondary N) is 1. The zero-order chi connectivity index (χ0) is 16.8. The van der Waals surface area contributed by atoms with Crippen LogP contribution in [-0.2, 0) is 28.5 Å². The third-order valence-electron chi connectivity index (χ3n) is 2.74. The van der Waals surface area contributed by atoms with E-state index in [4.69, 9.17) is 18.4 Å². The average molecular weight is 347 g/mol. The van der Waals surface area contributed by atoms with Crippen molar-refractivity contribution in [3.05, 3.63) is 30.3 Å². The van der Waals surface area contributed by atoms with Crippen molar-refractivity contribution in [1.29, 1.82) is 0 Å². The molecule has 1 aromatic carbocycles. The van der Waals surface area contributed by atoms with Gasteiger partial charge in [0, 0.05) is 6.54 Å². The number of ether oxygens (including phenoxy) is 3. The highest BCUT2D eigenvalue weighted by Gasteiger charge is 2.13. The summed E-state index contributed by atoms with van der Waals surface area (Å²) in [7, 11) is -1.84. The van der Waals surface area contributed by atoms with E-state index in [1.165, 1.54) is 12.1 Å². The smallest absolute Gasteiger partial charge is 0.297 e. The minimum Gasteiger partial charge on any atom is -0.378 e. The Kier molecular flexibility index (Phi) is 10.8. The van der Waals surface area contributed by atoms with Crippen molar-refractivity contribution in [2.24, 2.45) is 0 Å². The van der Waals surface area contributed by atoms with Crippen molar-refractivity contribution in [1.82, 2.24) is 5.32 Å². The zero-order valence-electron chi connectivity index (χ0n) is 13.4. The summed E-state index contributed by atoms with van der Waals surface area (Å²) in [5.41, 5.74) is 0. The molecule has 0 saturated carbocycles. The third-order valence-corrected chi connectivity index (χ3v) is 4.06. The van der Waals surface area contributed by atoms with E-state index in [0.717, 1.165) is 6.54 Å². The summed E-state index contributed by atoms with van der Waals surface area (Å²) in [4.78, 5) is 0.140. The van der Waals surface area contributed by atoms with Gasteiger partial charge in [-0.15, -0.1) is 0 Å². The fourth-order valence-corrected chi connectivity index (χ4v) is 2.49. The van der Waals surface area contributed by atoms with E-state index in [1.807, 2.05) is 7.05 Å². The van der Waals surface area contributed by atoms with E-state index in [-0.39, 0.29) is 18.1 Å². The lowest BCUT2D eigenvalue weighted by Gasteiger charge is -2.07. The number of benzene rings is 1. The SMILES string of the molecule is CNCCOCCOCCOCCOS(=O)(=O)c1ccccc1. The fraction of sp³-hybridized carbons (Fsp3) is 0.600. The molecule has 0 fully saturated rings. The standard InChI is InChI=1S/C15H25NO6S/c1-16-7-8-19-9-10-20-11-12-21-13-14-22-23(17,18)15-5-3-2-4-6-15/h2-6,16H,7-14H2,1H3. The maximum atomic E-state index is 11.8. The second-order valence-electron chi connectivity index (χ2n) is 4.53. The highest BCUT2D eigenvalue weighted by Crippen LogP contribution is 2.10. The van der Waals surface area contributed by atoms with Crippen LogP contribution in [0.25, 0.3) is 0 Å². The lowest BCUT2D eigenvalue weighted by molar-refractivity contribution is 0.0104. The van der Waals surface area contributed by atoms with Crippen molar-refractivity contribution in [3.63, 3.8) is 0 Å². The summed E-state index contributed by atoms with van der Waals surface area (Å²) in [6.45, 7) is 3.50. The molecule has 0 aliphatic rings. The Morgan fingerprint density at radius 3 is 1.91 bits per heavy atom. The number of likely N-dealkylation sites (N-methyl/N-ethyl adjacent to an activating group) is 1. The molecule has 0 unspecified atom stereocenters. The average Bonchev–Trinajstić information content (AvgIpc) is 2.56. The van der Waals surface area contributed by atoms with Crippen LogP contribution in [0.3, 0.4) is 0 Å². The van der Waals surface area contributed by atoms with Gasteiger partial charge in [-0.2, -0.15) is 8.42 Å². The molecular weight excluding hydrogens is 322 g/mol. The molecule has 0 bridgehead atoms. The molecule has 0 amide bonds. The highest BCUT2D eigenvalue weighted by atomic mass is 32.2. The van der Waals surface area contributed by atoms with Crippen LogP contribution in [0.5, 0.6) is 0 Å². The van der Waals surface area contributed by atoms with Crippen LogP contribution in [0.2, 0.25) is 0 Å². The maximum absolute atomic E-state index is 11.8. The van der Waals surface area contributed by atoms with Gasteiger partial charge in [0.2, 0.25) is 0 Å². The van der Waals surface area contributed by atoms with Gasteiger partial charge < -0.3 is 19.5 Å². The molecule has 23 heavy (non-hydrogen) atoms. The van der Waals surface area contributed by atoms with E-state index in [9.17, 15) is 8.42 Å². The van der Waals surface area contributed by atoms with Crippen molar-refractivity contribution in [2.75, 3.05) is 59.8 Å². The van der Waals surface area contributed by atoms with Crippen molar-refractivity contribution >= 4 is 10.1 Å². The van der Waals surface area contributed by atoms with E-state index in [2.05, 4.69) is 5.32 Å². The van der Waals surface area contributed by atoms with E-state index in [1.54, 1.807) is 18.2 Å². The first-order valence-corrected chi connectivity index (χ1v) is 8.90. The van der Waals surface area contributed by atoms with Crippen LogP contribution in [-0.4, -0.2) is 68.3 Å². The fourth-order valence-electron chi connectivity index (χ4n) is 1.57. The lowest BCUT2D eigenvalue weighted by Crippen LogP contribution is -2.17. The number of hydrogen-bond acceptors (Lipinski definition) is 7. The van der Waals surface area contributed by atoms with Crippen LogP contribution in [0.15, 0.2) is 35.2 Å². The predicted octanol–water partition coefficient (Wildman–Crippen LogP) is 0.661. The van der Waals surface area contributed by atoms with Gasteiger partial charge in [-0.1, -0.05) is 18.2 Å². The first kappa shape index (κ1) is 20.0. The molecule has 0 heterocycles. The molecular formula is C15H25NO6S. The first-order valence-electron chi connectivity index (χ1n) is 7.49. The van der Waals surface area contributed by atoms with Crippen LogP contribution in [0.4, 0.5) is 0 Å². The molecule has 132 valence electrons. The molecule has 0 spiro atoms. The second kappa shape index (κ2) is 12.4. The van der Waals surface area contributed by atoms with Crippen molar-refractivity contribution < 1.29 is 26.8 Å². The zero-order valence-corrected chi connectivity index (χ0v) is 14.2. The summed E-state index contributed by atoms with van der Waals surface area (Å²) in [6, 6.07) is 8.01. The third kappa shape index (κ3) is 9.65. The molecule has 0 aromatic heterocycles. The quantitative estimate of drug-likeness (QED) is 0.391. The predicted molar refractivity (Wildman–Crippen MR) is 86.0 cm³/mol. The lowest BCUT2D eigenvalue weighted by atomic mass is 10.4. The molecule has 0 aliphatic carbocycles. The molecule has 1 rings (SSSR count). The molecule has 8 heteroatoms. The minimum atomic E-state index is -3.71. The van der Waals surface area contributed by atoms with Gasteiger partial charge in [0.25, 0.3) is 10.1 Å². The van der Waals surface area contributed by atoms with Gasteiger partial charge in [-0.05, 0) is 19.2 Å². The second-order valence-corrected chi connectivity index (χ2v) is 6.15. The monoisotopic (exact) mass is 347 g/mol. The number of hydrogen-bond donors (Lipinski definition) is 1. The van der Waals surface area contributed by atoms with Gasteiger partial charge in [0.1, 0.15) is 0 Å². The summed E-state index contributed by atoms with van der Waals surface area (Å²) in [5, 5.41) is 2.98. The van der Waals surface area contributed by atoms with Gasteiger partial charge in [-0.3, -0.25) is 4.18 Å². The maximum Gasteiger partial charge on any atom is 0.297 e. The van der Waals surface area contributed by atoms with Crippen molar-refractivity contribution in [2.45, 2.75) is 4.90 Å². The Balaban J connectivity index is 1.96. The van der Waals surface area contributed by atoms with Gasteiger partial charge in [0.15, 0.2) is 0 Å². The van der Waals surface area contributed by atoms with Gasteiger partial charge in [0.05, 0.1) is 51.1 Å². The highest BCUT2D eigenvalue weighted by molar-refractivity contribution is 7.86. The Bertz CT molecular complexity index is 494. The molecule has 0 atom stereocenters. The van der Waals surface area contributed by atoms with Crippen molar-refractivity contribution in [3.8, 4) is 0 Å². The molecule has 0 aliphatic heterocycles. The molecule has 7 nitrogen and oxygen atoms in total. The van der Waals surface area contributed by atoms with Crippen LogP contribution in [0.1, 0.15) is 0 Å². The van der Waals surface area contributed by atoms with E-state index < -0.39 is 10.1 Å². The molecule has 1 N–H and O–H groups in total. The Morgan fingerprint density at radius 1 is 0.826 bits per heavy atom. The molecule has 0 radical (unpaired) electrons. The van der Waals surface area contributed by atoms with E-state index >= 15 is 0 Å². The molecule has 1 aromatic rings. The Hall–Kier alpha value is -1.03. The van der Waals surface area contributed by atoms with Gasteiger partial charge >= 0.3 is 0 Å². The number of rotatable bonds is 14.